The zero-order valence-electron chi connectivity index (χ0n) is 26.8. The van der Waals surface area contributed by atoms with Crippen molar-refractivity contribution in [1.29, 1.82) is 0 Å². The molecule has 1 aromatic heterocycles. The van der Waals surface area contributed by atoms with Crippen molar-refractivity contribution in [3.63, 3.8) is 0 Å². The number of amides is 1. The normalized spacial score (nSPS) is 11.0. The summed E-state index contributed by atoms with van der Waals surface area (Å²) in [6, 6.07) is 19.4. The minimum absolute atomic E-state index is 0.189. The topological polar surface area (TPSA) is 120 Å². The average Bonchev–Trinajstić information content (AvgIpc) is 3.45. The minimum atomic E-state index is -0.656. The number of aromatic nitrogens is 1. The molecule has 0 aliphatic carbocycles. The molecule has 0 spiro atoms. The molecule has 5 rings (SSSR count). The number of rotatable bonds is 11. The summed E-state index contributed by atoms with van der Waals surface area (Å²) in [6.45, 7) is 6.13. The van der Waals surface area contributed by atoms with Crippen LogP contribution < -0.4 is 29.1 Å². The molecule has 242 valence electrons. The van der Waals surface area contributed by atoms with Gasteiger partial charge in [-0.05, 0) is 74.4 Å². The van der Waals surface area contributed by atoms with Crippen molar-refractivity contribution >= 4 is 40.6 Å². The van der Waals surface area contributed by atoms with E-state index in [2.05, 4.69) is 21.6 Å². The lowest BCUT2D eigenvalue weighted by Crippen LogP contribution is -2.19. The lowest BCUT2D eigenvalue weighted by molar-refractivity contribution is 0.0727. The van der Waals surface area contributed by atoms with Crippen LogP contribution in [0.4, 0.5) is 0 Å². The van der Waals surface area contributed by atoms with Crippen molar-refractivity contribution in [1.82, 2.24) is 10.4 Å². The van der Waals surface area contributed by atoms with Gasteiger partial charge in [0, 0.05) is 27.1 Å². The van der Waals surface area contributed by atoms with Crippen molar-refractivity contribution < 1.29 is 33.3 Å². The van der Waals surface area contributed by atoms with Gasteiger partial charge in [0.05, 0.1) is 39.7 Å². The van der Waals surface area contributed by atoms with Gasteiger partial charge in [-0.2, -0.15) is 5.10 Å². The van der Waals surface area contributed by atoms with Crippen LogP contribution in [0.2, 0.25) is 5.02 Å². The summed E-state index contributed by atoms with van der Waals surface area (Å²) >= 11 is 6.58. The molecule has 0 aliphatic heterocycles. The summed E-state index contributed by atoms with van der Waals surface area (Å²) in [6.07, 6.45) is 1.47. The summed E-state index contributed by atoms with van der Waals surface area (Å²) in [5.41, 5.74) is 8.08. The van der Waals surface area contributed by atoms with E-state index in [0.29, 0.717) is 51.4 Å². The summed E-state index contributed by atoms with van der Waals surface area (Å²) in [7, 11) is 4.40. The van der Waals surface area contributed by atoms with Crippen molar-refractivity contribution in [3.05, 3.63) is 99.7 Å². The number of methoxy groups -OCH3 is 3. The summed E-state index contributed by atoms with van der Waals surface area (Å²) in [5.74, 6) is 0.392. The Morgan fingerprint density at radius 1 is 0.894 bits per heavy atom. The van der Waals surface area contributed by atoms with Gasteiger partial charge in [-0.25, -0.2) is 10.2 Å². The Bertz CT molecular complexity index is 1980. The van der Waals surface area contributed by atoms with Gasteiger partial charge in [-0.3, -0.25) is 4.79 Å². The first kappa shape index (κ1) is 32.9. The number of hydrogen-bond acceptors (Lipinski definition) is 8. The molecule has 0 saturated carbocycles. The van der Waals surface area contributed by atoms with E-state index in [1.54, 1.807) is 24.3 Å². The fourth-order valence-corrected chi connectivity index (χ4v) is 5.53. The average molecular weight is 656 g/mol. The molecule has 4 aromatic carbocycles. The zero-order chi connectivity index (χ0) is 33.7. The molecular formula is C36H34ClN3O7. The van der Waals surface area contributed by atoms with Gasteiger partial charge < -0.3 is 28.7 Å². The van der Waals surface area contributed by atoms with E-state index in [9.17, 15) is 9.59 Å². The number of benzene rings is 4. The van der Waals surface area contributed by atoms with Gasteiger partial charge in [0.25, 0.3) is 5.91 Å². The monoisotopic (exact) mass is 655 g/mol. The highest BCUT2D eigenvalue weighted by Gasteiger charge is 2.23. The van der Waals surface area contributed by atoms with E-state index in [4.69, 9.17) is 35.3 Å². The number of carbonyl (C=O) groups is 2. The number of H-pyrrole nitrogens is 1. The molecule has 47 heavy (non-hydrogen) atoms. The molecular weight excluding hydrogens is 622 g/mol. The Hall–Kier alpha value is -5.48. The number of nitrogens with one attached hydrogen (secondary N) is 2. The number of halogens is 1. The third-order valence-corrected chi connectivity index (χ3v) is 7.70. The maximum atomic E-state index is 13.5. The maximum Gasteiger partial charge on any atom is 0.343 e. The van der Waals surface area contributed by atoms with Gasteiger partial charge >= 0.3 is 5.97 Å². The van der Waals surface area contributed by atoms with Crippen molar-refractivity contribution in [2.24, 2.45) is 5.10 Å². The Labute approximate surface area is 277 Å². The van der Waals surface area contributed by atoms with Crippen molar-refractivity contribution in [3.8, 4) is 39.9 Å². The van der Waals surface area contributed by atoms with Crippen LogP contribution in [0.3, 0.4) is 0 Å². The summed E-state index contributed by atoms with van der Waals surface area (Å²) in [4.78, 5) is 29.9. The fourth-order valence-electron chi connectivity index (χ4n) is 5.30. The molecule has 1 heterocycles. The van der Waals surface area contributed by atoms with E-state index in [1.165, 1.54) is 39.7 Å². The highest BCUT2D eigenvalue weighted by molar-refractivity contribution is 6.34. The number of carbonyl (C=O) groups excluding carboxylic acids is 2. The highest BCUT2D eigenvalue weighted by atomic mass is 35.5. The summed E-state index contributed by atoms with van der Waals surface area (Å²) in [5, 5.41) is 5.62. The third kappa shape index (κ3) is 6.87. The Kier molecular flexibility index (Phi) is 10.0. The van der Waals surface area contributed by atoms with Crippen molar-refractivity contribution in [2.75, 3.05) is 27.9 Å². The van der Waals surface area contributed by atoms with Gasteiger partial charge in [0.1, 0.15) is 5.69 Å². The first-order valence-electron chi connectivity index (χ1n) is 14.7. The van der Waals surface area contributed by atoms with Crippen LogP contribution in [-0.2, 0) is 0 Å². The van der Waals surface area contributed by atoms with E-state index in [0.717, 1.165) is 27.6 Å². The number of esters is 1. The number of hydrazone groups is 1. The lowest BCUT2D eigenvalue weighted by Gasteiger charge is -2.15. The van der Waals surface area contributed by atoms with Gasteiger partial charge in [-0.15, -0.1) is 0 Å². The fraction of sp³-hybridized carbons (Fsp3) is 0.194. The number of ether oxygens (including phenoxy) is 5. The van der Waals surface area contributed by atoms with E-state index < -0.39 is 11.9 Å². The quantitative estimate of drug-likeness (QED) is 0.0654. The van der Waals surface area contributed by atoms with E-state index in [-0.39, 0.29) is 11.3 Å². The van der Waals surface area contributed by atoms with Gasteiger partial charge in [0.2, 0.25) is 5.75 Å². The van der Waals surface area contributed by atoms with Gasteiger partial charge in [-0.1, -0.05) is 41.4 Å². The van der Waals surface area contributed by atoms with Crippen LogP contribution in [0.5, 0.6) is 28.7 Å². The number of aryl methyl sites for hydroxylation is 2. The second-order valence-electron chi connectivity index (χ2n) is 10.5. The number of nitrogens with zero attached hydrogens (tertiary/aromatic N) is 1. The summed E-state index contributed by atoms with van der Waals surface area (Å²) < 4.78 is 27.5. The number of aromatic amines is 1. The molecule has 2 N–H and O–H groups in total. The second kappa shape index (κ2) is 14.3. The molecule has 0 atom stereocenters. The van der Waals surface area contributed by atoms with Gasteiger partial charge in [0.15, 0.2) is 23.0 Å². The lowest BCUT2D eigenvalue weighted by atomic mass is 9.99. The third-order valence-electron chi connectivity index (χ3n) is 7.37. The molecule has 0 bridgehead atoms. The Morgan fingerprint density at radius 3 is 2.28 bits per heavy atom. The van der Waals surface area contributed by atoms with Crippen molar-refractivity contribution in [2.45, 2.75) is 20.8 Å². The van der Waals surface area contributed by atoms with Crippen LogP contribution in [0, 0.1) is 13.8 Å². The Balaban J connectivity index is 1.39. The van der Waals surface area contributed by atoms with Crippen LogP contribution >= 0.6 is 11.6 Å². The maximum absolute atomic E-state index is 13.5. The number of hydrogen-bond donors (Lipinski definition) is 2. The predicted octanol–water partition coefficient (Wildman–Crippen LogP) is 7.51. The second-order valence-corrected chi connectivity index (χ2v) is 10.9. The zero-order valence-corrected chi connectivity index (χ0v) is 27.6. The molecule has 11 heteroatoms. The van der Waals surface area contributed by atoms with E-state index >= 15 is 0 Å². The molecule has 0 saturated heterocycles. The number of fused-ring (bicyclic) bond motifs is 1. The van der Waals surface area contributed by atoms with Crippen LogP contribution in [-0.4, -0.2) is 51.0 Å². The van der Waals surface area contributed by atoms with Crippen LogP contribution in [0.15, 0.2) is 71.8 Å². The predicted molar refractivity (Wildman–Crippen MR) is 182 cm³/mol. The SMILES string of the molecule is CCOc1cc(C=NNC(=O)c2[nH]c3c(C)cc(C)cc3c2-c2ccccc2Cl)ccc1OC(=O)c1cc(OC)c(OC)c(OC)c1. The molecule has 5 aromatic rings. The van der Waals surface area contributed by atoms with Crippen LogP contribution in [0.25, 0.3) is 22.0 Å². The largest absolute Gasteiger partial charge is 0.493 e. The standard InChI is InChI=1S/C36H34ClN3O7/c1-7-46-28-16-22(12-13-27(28)47-36(42)23-17-29(43-4)34(45-6)30(18-23)44-5)19-38-40-35(41)33-31(24-10-8-9-11-26(24)37)25-15-20(2)14-21(3)32(25)39-33/h8-19,39H,7H2,1-6H3,(H,40,41). The van der Waals surface area contributed by atoms with E-state index in [1.807, 2.05) is 45.0 Å². The molecule has 0 unspecified atom stereocenters. The Morgan fingerprint density at radius 2 is 1.62 bits per heavy atom. The molecule has 0 aliphatic rings. The highest BCUT2D eigenvalue weighted by Crippen LogP contribution is 2.40. The molecule has 0 fully saturated rings. The minimum Gasteiger partial charge on any atom is -0.493 e. The smallest absolute Gasteiger partial charge is 0.343 e. The first-order chi connectivity index (χ1) is 22.7. The molecule has 0 radical (unpaired) electrons. The molecule has 10 nitrogen and oxygen atoms in total. The first-order valence-corrected chi connectivity index (χ1v) is 15.1. The van der Waals surface area contributed by atoms with Crippen LogP contribution in [0.1, 0.15) is 44.5 Å². The molecule has 1 amide bonds.